The number of hydrogen-bond donors (Lipinski definition) is 0. The summed E-state index contributed by atoms with van der Waals surface area (Å²) in [6.07, 6.45) is 5.05. The van der Waals surface area contributed by atoms with Crippen molar-refractivity contribution in [3.05, 3.63) is 76.9 Å². The van der Waals surface area contributed by atoms with Gasteiger partial charge >= 0.3 is 0 Å². The summed E-state index contributed by atoms with van der Waals surface area (Å²) >= 11 is 0. The lowest BCUT2D eigenvalue weighted by Gasteiger charge is -2.12. The molecule has 0 spiro atoms. The summed E-state index contributed by atoms with van der Waals surface area (Å²) in [7, 11) is -4.00. The van der Waals surface area contributed by atoms with E-state index in [9.17, 15) is 17.2 Å². The van der Waals surface area contributed by atoms with Crippen LogP contribution in [0.4, 0.5) is 8.78 Å². The first kappa shape index (κ1) is 17.1. The molecular weight excluding hydrogens is 344 g/mol. The zero-order valence-corrected chi connectivity index (χ0v) is 14.1. The summed E-state index contributed by atoms with van der Waals surface area (Å²) < 4.78 is 51.5. The van der Waals surface area contributed by atoms with E-state index in [1.54, 1.807) is 18.2 Å². The third kappa shape index (κ3) is 3.24. The summed E-state index contributed by atoms with van der Waals surface area (Å²) in [5.41, 5.74) is 2.86. The molecule has 0 saturated carbocycles. The van der Waals surface area contributed by atoms with Crippen LogP contribution in [0.5, 0.6) is 0 Å². The lowest BCUT2D eigenvalue weighted by Crippen LogP contribution is -2.05. The van der Waals surface area contributed by atoms with Crippen LogP contribution in [0.15, 0.2) is 53.4 Å². The van der Waals surface area contributed by atoms with E-state index in [4.69, 9.17) is 5.26 Å². The topological polar surface area (TPSA) is 57.9 Å². The highest BCUT2D eigenvalue weighted by molar-refractivity contribution is 7.90. The van der Waals surface area contributed by atoms with Gasteiger partial charge in [0.2, 0.25) is 0 Å². The molecule has 0 fully saturated rings. The van der Waals surface area contributed by atoms with Crippen LogP contribution >= 0.6 is 0 Å². The van der Waals surface area contributed by atoms with Crippen molar-refractivity contribution >= 4 is 21.0 Å². The number of benzene rings is 2. The summed E-state index contributed by atoms with van der Waals surface area (Å²) in [6.45, 7) is 0. The monoisotopic (exact) mass is 357 g/mol. The number of nitrogens with zero attached hydrogens (tertiary/aromatic N) is 1. The number of rotatable bonds is 3. The minimum absolute atomic E-state index is 0.258. The van der Waals surface area contributed by atoms with Crippen LogP contribution in [0, 0.1) is 23.0 Å². The lowest BCUT2D eigenvalue weighted by molar-refractivity contribution is 0.521. The van der Waals surface area contributed by atoms with Crippen LogP contribution < -0.4 is 0 Å². The smallest absolute Gasteiger partial charge is 0.181 e. The number of halogens is 2. The molecule has 0 amide bonds. The zero-order valence-electron chi connectivity index (χ0n) is 13.3. The van der Waals surface area contributed by atoms with Crippen molar-refractivity contribution in [3.8, 4) is 6.07 Å². The molecule has 0 N–H and O–H groups in total. The van der Waals surface area contributed by atoms with E-state index in [0.29, 0.717) is 17.6 Å². The maximum Gasteiger partial charge on any atom is 0.181 e. The maximum absolute atomic E-state index is 14.2. The molecule has 126 valence electrons. The van der Waals surface area contributed by atoms with Crippen molar-refractivity contribution < 1.29 is 17.2 Å². The minimum atomic E-state index is -4.00. The highest BCUT2D eigenvalue weighted by atomic mass is 32.2. The second-order valence-corrected chi connectivity index (χ2v) is 7.66. The Hall–Kier alpha value is -2.78. The molecule has 0 radical (unpaired) electrons. The Morgan fingerprint density at radius 2 is 1.60 bits per heavy atom. The average molecular weight is 357 g/mol. The zero-order chi connectivity index (χ0) is 18.2. The van der Waals surface area contributed by atoms with E-state index >= 15 is 0 Å². The van der Waals surface area contributed by atoms with Crippen molar-refractivity contribution in [3.63, 3.8) is 0 Å². The summed E-state index contributed by atoms with van der Waals surface area (Å²) in [6, 6.07) is 11.0. The molecule has 3 rings (SSSR count). The van der Waals surface area contributed by atoms with Gasteiger partial charge in [-0.25, -0.2) is 17.2 Å². The van der Waals surface area contributed by atoms with Crippen LogP contribution in [0.25, 0.3) is 11.1 Å². The first-order valence-corrected chi connectivity index (χ1v) is 9.31. The molecule has 2 aromatic carbocycles. The van der Waals surface area contributed by atoms with Crippen molar-refractivity contribution in [1.82, 2.24) is 0 Å². The van der Waals surface area contributed by atoms with Crippen LogP contribution in [0.2, 0.25) is 0 Å². The van der Waals surface area contributed by atoms with Crippen molar-refractivity contribution in [2.45, 2.75) is 11.3 Å². The normalized spacial score (nSPS) is 14.0. The van der Waals surface area contributed by atoms with E-state index in [2.05, 4.69) is 6.07 Å². The number of nitriles is 1. The van der Waals surface area contributed by atoms with Crippen LogP contribution in [-0.2, 0) is 9.84 Å². The molecule has 0 atom stereocenters. The SMILES string of the molecule is CS(=O)(=O)c1c(F)cc(C2=CCC=C2c2cccc(C#N)c2)cc1F. The van der Waals surface area contributed by atoms with Crippen molar-refractivity contribution in [2.24, 2.45) is 0 Å². The fourth-order valence-corrected chi connectivity index (χ4v) is 3.71. The van der Waals surface area contributed by atoms with E-state index in [1.165, 1.54) is 0 Å². The molecule has 1 aliphatic rings. The minimum Gasteiger partial charge on any atom is -0.224 e. The molecule has 0 heterocycles. The summed E-state index contributed by atoms with van der Waals surface area (Å²) in [5, 5.41) is 9.03. The van der Waals surface area contributed by atoms with Crippen LogP contribution in [0.3, 0.4) is 0 Å². The molecule has 25 heavy (non-hydrogen) atoms. The predicted octanol–water partition coefficient (Wildman–Crippen LogP) is 4.11. The Morgan fingerprint density at radius 1 is 1.00 bits per heavy atom. The second-order valence-electron chi connectivity index (χ2n) is 5.71. The molecule has 0 bridgehead atoms. The third-order valence-electron chi connectivity index (χ3n) is 3.92. The van der Waals surface area contributed by atoms with Gasteiger partial charge in [0.05, 0.1) is 11.6 Å². The Kier molecular flexibility index (Phi) is 4.27. The lowest BCUT2D eigenvalue weighted by atomic mass is 9.94. The van der Waals surface area contributed by atoms with Gasteiger partial charge < -0.3 is 0 Å². The molecule has 0 aliphatic heterocycles. The standard InChI is InChI=1S/C19H13F2NO2S/c1-25(23,24)19-17(20)9-14(10-18(19)21)16-7-3-6-15(16)13-5-2-4-12(8-13)11-22/h2,4-10H,3H2,1H3. The van der Waals surface area contributed by atoms with Gasteiger partial charge in [-0.15, -0.1) is 0 Å². The van der Waals surface area contributed by atoms with E-state index in [-0.39, 0.29) is 5.56 Å². The fraction of sp³-hybridized carbons (Fsp3) is 0.105. The van der Waals surface area contributed by atoms with E-state index in [0.717, 1.165) is 29.5 Å². The van der Waals surface area contributed by atoms with E-state index < -0.39 is 26.4 Å². The Labute approximate surface area is 144 Å². The van der Waals surface area contributed by atoms with Crippen molar-refractivity contribution in [2.75, 3.05) is 6.26 Å². The fourth-order valence-electron chi connectivity index (χ4n) is 2.89. The average Bonchev–Trinajstić information content (AvgIpc) is 3.02. The first-order chi connectivity index (χ1) is 11.8. The molecule has 3 nitrogen and oxygen atoms in total. The highest BCUT2D eigenvalue weighted by Crippen LogP contribution is 2.37. The molecule has 0 unspecified atom stereocenters. The third-order valence-corrected chi connectivity index (χ3v) is 5.05. The number of hydrogen-bond acceptors (Lipinski definition) is 3. The Balaban J connectivity index is 2.08. The van der Waals surface area contributed by atoms with Gasteiger partial charge in [0.25, 0.3) is 0 Å². The summed E-state index contributed by atoms with van der Waals surface area (Å²) in [5.74, 6) is -2.23. The van der Waals surface area contributed by atoms with E-state index in [1.807, 2.05) is 18.2 Å². The molecular formula is C19H13F2NO2S. The molecule has 6 heteroatoms. The van der Waals surface area contributed by atoms with Crippen LogP contribution in [0.1, 0.15) is 23.1 Å². The quantitative estimate of drug-likeness (QED) is 0.831. The molecule has 0 aromatic heterocycles. The number of allylic oxidation sites excluding steroid dienone is 4. The summed E-state index contributed by atoms with van der Waals surface area (Å²) in [4.78, 5) is -0.924. The van der Waals surface area contributed by atoms with Crippen molar-refractivity contribution in [1.29, 1.82) is 5.26 Å². The Morgan fingerprint density at radius 3 is 2.16 bits per heavy atom. The predicted molar refractivity (Wildman–Crippen MR) is 91.2 cm³/mol. The van der Waals surface area contributed by atoms with Gasteiger partial charge in [-0.3, -0.25) is 0 Å². The second kappa shape index (κ2) is 6.26. The van der Waals surface area contributed by atoms with Gasteiger partial charge in [-0.05, 0) is 53.0 Å². The number of sulfone groups is 1. The first-order valence-electron chi connectivity index (χ1n) is 7.42. The van der Waals surface area contributed by atoms with Gasteiger partial charge in [0.15, 0.2) is 9.84 Å². The van der Waals surface area contributed by atoms with Gasteiger partial charge in [-0.1, -0.05) is 24.3 Å². The molecule has 2 aromatic rings. The van der Waals surface area contributed by atoms with Gasteiger partial charge in [-0.2, -0.15) is 5.26 Å². The highest BCUT2D eigenvalue weighted by Gasteiger charge is 2.23. The van der Waals surface area contributed by atoms with Crippen LogP contribution in [-0.4, -0.2) is 14.7 Å². The largest absolute Gasteiger partial charge is 0.224 e. The van der Waals surface area contributed by atoms with Gasteiger partial charge in [0, 0.05) is 6.26 Å². The maximum atomic E-state index is 14.2. The molecule has 0 saturated heterocycles. The van der Waals surface area contributed by atoms with Gasteiger partial charge in [0.1, 0.15) is 16.5 Å². The molecule has 1 aliphatic carbocycles. The Bertz CT molecular complexity index is 1050.